The van der Waals surface area contributed by atoms with Crippen molar-refractivity contribution >= 4 is 17.2 Å². The molecule has 0 bridgehead atoms. The third kappa shape index (κ3) is 4.34. The molecule has 3 rings (SSSR count). The minimum Gasteiger partial charge on any atom is -0.493 e. The molecule has 1 aliphatic rings. The summed E-state index contributed by atoms with van der Waals surface area (Å²) in [6.45, 7) is 4.04. The van der Waals surface area contributed by atoms with E-state index in [0.29, 0.717) is 23.8 Å². The monoisotopic (exact) mass is 375 g/mol. The Hall–Kier alpha value is -2.12. The lowest BCUT2D eigenvalue weighted by Crippen LogP contribution is -2.50. The number of aromatic nitrogens is 1. The largest absolute Gasteiger partial charge is 0.493 e. The van der Waals surface area contributed by atoms with Gasteiger partial charge < -0.3 is 20.1 Å². The van der Waals surface area contributed by atoms with Crippen LogP contribution in [0, 0.1) is 5.92 Å². The Kier molecular flexibility index (Phi) is 6.11. The zero-order valence-corrected chi connectivity index (χ0v) is 16.2. The third-order valence-electron chi connectivity index (χ3n) is 4.70. The summed E-state index contributed by atoms with van der Waals surface area (Å²) in [5, 5.41) is 9.26. The molecule has 1 aromatic heterocycles. The van der Waals surface area contributed by atoms with Crippen LogP contribution in [0.2, 0.25) is 0 Å². The molecule has 0 aliphatic carbocycles. The second-order valence-electron chi connectivity index (χ2n) is 6.53. The van der Waals surface area contributed by atoms with E-state index in [1.807, 2.05) is 23.6 Å². The Morgan fingerprint density at radius 1 is 1.35 bits per heavy atom. The number of carbonyl (C=O) groups excluding carboxylic acids is 1. The lowest BCUT2D eigenvalue weighted by molar-refractivity contribution is -0.121. The fourth-order valence-electron chi connectivity index (χ4n) is 3.10. The van der Waals surface area contributed by atoms with Crippen molar-refractivity contribution in [2.45, 2.75) is 25.8 Å². The van der Waals surface area contributed by atoms with Crippen LogP contribution in [-0.2, 0) is 11.2 Å². The lowest BCUT2D eigenvalue weighted by Gasteiger charge is -2.30. The molecule has 1 aliphatic heterocycles. The van der Waals surface area contributed by atoms with Gasteiger partial charge in [0.2, 0.25) is 5.91 Å². The van der Waals surface area contributed by atoms with Gasteiger partial charge in [-0.3, -0.25) is 4.79 Å². The predicted octanol–water partition coefficient (Wildman–Crippen LogP) is 2.48. The normalized spacial score (nSPS) is 19.8. The number of benzene rings is 1. The summed E-state index contributed by atoms with van der Waals surface area (Å²) in [5.74, 6) is 1.87. The number of hydrogen-bond acceptors (Lipinski definition) is 6. The standard InChI is InChI=1S/C19H25N3O3S/c1-12-6-7-20-10-15(12)22-18(23)9-14-11-26-19(21-14)13-4-5-16(24-2)17(8-13)25-3/h4-5,8,11-12,15,20H,6-7,9-10H2,1-3H3,(H,22,23). The van der Waals surface area contributed by atoms with Crippen molar-refractivity contribution in [3.05, 3.63) is 29.3 Å². The molecule has 1 amide bonds. The van der Waals surface area contributed by atoms with E-state index in [0.717, 1.165) is 35.8 Å². The van der Waals surface area contributed by atoms with Crippen molar-refractivity contribution in [1.29, 1.82) is 0 Å². The minimum absolute atomic E-state index is 0.0229. The molecule has 0 saturated carbocycles. The number of piperidine rings is 1. The maximum Gasteiger partial charge on any atom is 0.226 e. The highest BCUT2D eigenvalue weighted by molar-refractivity contribution is 7.13. The van der Waals surface area contributed by atoms with E-state index in [2.05, 4.69) is 22.5 Å². The lowest BCUT2D eigenvalue weighted by atomic mass is 9.95. The van der Waals surface area contributed by atoms with Crippen LogP contribution in [0.3, 0.4) is 0 Å². The molecule has 1 aromatic carbocycles. The van der Waals surface area contributed by atoms with Crippen molar-refractivity contribution in [3.63, 3.8) is 0 Å². The maximum absolute atomic E-state index is 12.3. The molecule has 140 valence electrons. The van der Waals surface area contributed by atoms with E-state index in [1.54, 1.807) is 14.2 Å². The number of amides is 1. The number of hydrogen-bond donors (Lipinski definition) is 2. The zero-order valence-electron chi connectivity index (χ0n) is 15.4. The Balaban J connectivity index is 1.65. The quantitative estimate of drug-likeness (QED) is 0.812. The van der Waals surface area contributed by atoms with Crippen LogP contribution >= 0.6 is 11.3 Å². The van der Waals surface area contributed by atoms with Crippen LogP contribution in [0.4, 0.5) is 0 Å². The van der Waals surface area contributed by atoms with Gasteiger partial charge in [-0.2, -0.15) is 0 Å². The average molecular weight is 375 g/mol. The molecule has 0 spiro atoms. The van der Waals surface area contributed by atoms with Crippen LogP contribution in [0.25, 0.3) is 10.6 Å². The Bertz CT molecular complexity index is 762. The van der Waals surface area contributed by atoms with Crippen LogP contribution in [0.15, 0.2) is 23.6 Å². The molecular formula is C19H25N3O3S. The van der Waals surface area contributed by atoms with Gasteiger partial charge in [-0.15, -0.1) is 11.3 Å². The first-order valence-corrected chi connectivity index (χ1v) is 9.65. The Morgan fingerprint density at radius 2 is 2.15 bits per heavy atom. The average Bonchev–Trinajstić information content (AvgIpc) is 3.11. The van der Waals surface area contributed by atoms with Gasteiger partial charge in [0.05, 0.1) is 26.3 Å². The topological polar surface area (TPSA) is 72.5 Å². The van der Waals surface area contributed by atoms with Crippen LogP contribution < -0.4 is 20.1 Å². The SMILES string of the molecule is COc1ccc(-c2nc(CC(=O)NC3CNCCC3C)cs2)cc1OC. The van der Waals surface area contributed by atoms with Gasteiger partial charge in [0.25, 0.3) is 0 Å². The number of carbonyl (C=O) groups is 1. The first-order valence-electron chi connectivity index (χ1n) is 8.77. The van der Waals surface area contributed by atoms with E-state index in [-0.39, 0.29) is 11.9 Å². The number of nitrogens with zero attached hydrogens (tertiary/aromatic N) is 1. The molecule has 2 atom stereocenters. The van der Waals surface area contributed by atoms with Gasteiger partial charge in [0.1, 0.15) is 5.01 Å². The number of thiazole rings is 1. The maximum atomic E-state index is 12.3. The highest BCUT2D eigenvalue weighted by atomic mass is 32.1. The molecule has 2 unspecified atom stereocenters. The van der Waals surface area contributed by atoms with Crippen molar-refractivity contribution in [2.24, 2.45) is 5.92 Å². The summed E-state index contributed by atoms with van der Waals surface area (Å²) >= 11 is 1.52. The first-order chi connectivity index (χ1) is 12.6. The number of rotatable bonds is 6. The van der Waals surface area contributed by atoms with Gasteiger partial charge in [-0.25, -0.2) is 4.98 Å². The molecule has 26 heavy (non-hydrogen) atoms. The van der Waals surface area contributed by atoms with E-state index in [9.17, 15) is 4.79 Å². The van der Waals surface area contributed by atoms with Crippen LogP contribution in [0.5, 0.6) is 11.5 Å². The van der Waals surface area contributed by atoms with Gasteiger partial charge in [-0.05, 0) is 37.1 Å². The highest BCUT2D eigenvalue weighted by Crippen LogP contribution is 2.33. The van der Waals surface area contributed by atoms with E-state index >= 15 is 0 Å². The molecule has 6 nitrogen and oxygen atoms in total. The molecule has 1 fully saturated rings. The van der Waals surface area contributed by atoms with Crippen molar-refractivity contribution in [1.82, 2.24) is 15.6 Å². The third-order valence-corrected chi connectivity index (χ3v) is 5.64. The summed E-state index contributed by atoms with van der Waals surface area (Å²) in [4.78, 5) is 17.0. The minimum atomic E-state index is 0.0229. The number of ether oxygens (including phenoxy) is 2. The second kappa shape index (κ2) is 8.51. The molecule has 2 aromatic rings. The first kappa shape index (κ1) is 18.7. The highest BCUT2D eigenvalue weighted by Gasteiger charge is 2.23. The summed E-state index contributed by atoms with van der Waals surface area (Å²) in [6.07, 6.45) is 1.39. The number of nitrogens with one attached hydrogen (secondary N) is 2. The van der Waals surface area contributed by atoms with Crippen LogP contribution in [-0.4, -0.2) is 44.2 Å². The van der Waals surface area contributed by atoms with Crippen molar-refractivity contribution in [3.8, 4) is 22.1 Å². The molecular weight excluding hydrogens is 350 g/mol. The Labute approximate surface area is 157 Å². The summed E-state index contributed by atoms with van der Waals surface area (Å²) < 4.78 is 10.6. The van der Waals surface area contributed by atoms with Crippen molar-refractivity contribution < 1.29 is 14.3 Å². The Morgan fingerprint density at radius 3 is 2.88 bits per heavy atom. The van der Waals surface area contributed by atoms with E-state index < -0.39 is 0 Å². The van der Waals surface area contributed by atoms with E-state index in [1.165, 1.54) is 11.3 Å². The molecule has 2 N–H and O–H groups in total. The fraction of sp³-hybridized carbons (Fsp3) is 0.474. The summed E-state index contributed by atoms with van der Waals surface area (Å²) in [5.41, 5.74) is 1.73. The second-order valence-corrected chi connectivity index (χ2v) is 7.39. The van der Waals surface area contributed by atoms with E-state index in [4.69, 9.17) is 9.47 Å². The van der Waals surface area contributed by atoms with Gasteiger partial charge in [0, 0.05) is 23.5 Å². The molecule has 0 radical (unpaired) electrons. The molecule has 7 heteroatoms. The predicted molar refractivity (Wildman–Crippen MR) is 103 cm³/mol. The van der Waals surface area contributed by atoms with Crippen molar-refractivity contribution in [2.75, 3.05) is 27.3 Å². The van der Waals surface area contributed by atoms with Gasteiger partial charge in [0.15, 0.2) is 11.5 Å². The van der Waals surface area contributed by atoms with Crippen LogP contribution in [0.1, 0.15) is 19.0 Å². The summed E-state index contributed by atoms with van der Waals surface area (Å²) in [7, 11) is 3.22. The fourth-order valence-corrected chi connectivity index (χ4v) is 3.91. The zero-order chi connectivity index (χ0) is 18.5. The molecule has 1 saturated heterocycles. The van der Waals surface area contributed by atoms with Gasteiger partial charge >= 0.3 is 0 Å². The number of methoxy groups -OCH3 is 2. The molecule has 2 heterocycles. The smallest absolute Gasteiger partial charge is 0.226 e. The summed E-state index contributed by atoms with van der Waals surface area (Å²) in [6, 6.07) is 5.90. The van der Waals surface area contributed by atoms with Gasteiger partial charge in [-0.1, -0.05) is 6.92 Å².